The summed E-state index contributed by atoms with van der Waals surface area (Å²) < 4.78 is 60.2. The minimum atomic E-state index is -0.136. The molecule has 0 bridgehead atoms. The first kappa shape index (κ1) is 47.3. The van der Waals surface area contributed by atoms with E-state index >= 15 is 0 Å². The molecule has 0 fully saturated rings. The summed E-state index contributed by atoms with van der Waals surface area (Å²) in [5.74, 6) is -0.136. The third-order valence-electron chi connectivity index (χ3n) is 7.43. The van der Waals surface area contributed by atoms with Gasteiger partial charge in [0.2, 0.25) is 0 Å². The van der Waals surface area contributed by atoms with Gasteiger partial charge in [0.25, 0.3) is 0 Å². The quantitative estimate of drug-likeness (QED) is 0.0596. The zero-order valence-electron chi connectivity index (χ0n) is 31.7. The molecule has 1 rings (SSSR count). The van der Waals surface area contributed by atoms with Gasteiger partial charge in [0.1, 0.15) is 6.61 Å². The summed E-state index contributed by atoms with van der Waals surface area (Å²) in [5.41, 5.74) is 1.16. The second-order valence-corrected chi connectivity index (χ2v) is 11.8. The Morgan fingerprint density at radius 1 is 0.392 bits per heavy atom. The number of unbranched alkanes of at least 4 members (excludes halogenated alkanes) is 8. The molecule has 0 aliphatic heterocycles. The number of carbonyl (C=O) groups excluding carboxylic acids is 1. The summed E-state index contributed by atoms with van der Waals surface area (Å²) >= 11 is 0. The lowest BCUT2D eigenvalue weighted by Crippen LogP contribution is -2.15. The molecule has 1 aromatic carbocycles. The fraction of sp³-hybridized carbons (Fsp3) is 0.821. The van der Waals surface area contributed by atoms with Crippen molar-refractivity contribution >= 4 is 5.97 Å². The Bertz CT molecular complexity index is 817. The molecule has 0 heterocycles. The molecular weight excluding hydrogens is 660 g/mol. The van der Waals surface area contributed by atoms with Gasteiger partial charge < -0.3 is 52.1 Å². The topological polar surface area (TPSA) is 119 Å². The summed E-state index contributed by atoms with van der Waals surface area (Å²) in [4.78, 5) is 11.8. The molecule has 0 atom stereocenters. The van der Waals surface area contributed by atoms with E-state index in [1.165, 1.54) is 44.9 Å². The average molecular weight is 731 g/mol. The fourth-order valence-electron chi connectivity index (χ4n) is 4.61. The molecule has 0 aliphatic carbocycles. The Morgan fingerprint density at radius 2 is 0.706 bits per heavy atom. The molecular formula is C39H70O12. The fourth-order valence-corrected chi connectivity index (χ4v) is 4.61. The molecule has 12 heteroatoms. The first-order valence-electron chi connectivity index (χ1n) is 19.3. The summed E-state index contributed by atoms with van der Waals surface area (Å²) in [5, 5.41) is 0. The summed E-state index contributed by atoms with van der Waals surface area (Å²) in [7, 11) is 0. The highest BCUT2D eigenvalue weighted by molar-refractivity contribution is 5.69. The lowest BCUT2D eigenvalue weighted by Gasteiger charge is -2.09. The van der Waals surface area contributed by atoms with Gasteiger partial charge in [-0.25, -0.2) is 0 Å². The minimum absolute atomic E-state index is 0.136. The summed E-state index contributed by atoms with van der Waals surface area (Å²) in [6.07, 6.45) is 11.6. The van der Waals surface area contributed by atoms with Crippen molar-refractivity contribution in [3.63, 3.8) is 0 Å². The van der Waals surface area contributed by atoms with Gasteiger partial charge in [-0.05, 0) is 12.0 Å². The molecule has 51 heavy (non-hydrogen) atoms. The Hall–Kier alpha value is -1.71. The number of carbonyl (C=O) groups is 1. The van der Waals surface area contributed by atoms with Crippen LogP contribution >= 0.6 is 0 Å². The van der Waals surface area contributed by atoms with E-state index in [1.807, 2.05) is 30.3 Å². The molecule has 0 unspecified atom stereocenters. The Balaban J connectivity index is 1.63. The van der Waals surface area contributed by atoms with Gasteiger partial charge in [0, 0.05) is 6.42 Å². The smallest absolute Gasteiger partial charge is 0.305 e. The van der Waals surface area contributed by atoms with E-state index in [2.05, 4.69) is 6.92 Å². The molecule has 0 aromatic heterocycles. The van der Waals surface area contributed by atoms with Crippen LogP contribution in [0.3, 0.4) is 0 Å². The zero-order chi connectivity index (χ0) is 36.4. The monoisotopic (exact) mass is 730 g/mol. The maximum atomic E-state index is 11.8. The molecule has 0 N–H and O–H groups in total. The molecule has 298 valence electrons. The number of rotatable bonds is 42. The van der Waals surface area contributed by atoms with E-state index in [-0.39, 0.29) is 12.6 Å². The minimum Gasteiger partial charge on any atom is -0.463 e. The summed E-state index contributed by atoms with van der Waals surface area (Å²) in [6, 6.07) is 10.1. The second kappa shape index (κ2) is 41.1. The Morgan fingerprint density at radius 3 is 1.08 bits per heavy atom. The number of hydrogen-bond donors (Lipinski definition) is 0. The lowest BCUT2D eigenvalue weighted by molar-refractivity contribution is -0.145. The molecule has 0 saturated carbocycles. The van der Waals surface area contributed by atoms with Crippen LogP contribution in [0.5, 0.6) is 0 Å². The third kappa shape index (κ3) is 37.8. The van der Waals surface area contributed by atoms with Crippen molar-refractivity contribution in [2.45, 2.75) is 77.7 Å². The Kier molecular flexibility index (Phi) is 38.1. The van der Waals surface area contributed by atoms with Gasteiger partial charge in [-0.3, -0.25) is 4.79 Å². The lowest BCUT2D eigenvalue weighted by atomic mass is 10.1. The van der Waals surface area contributed by atoms with Gasteiger partial charge in [-0.15, -0.1) is 0 Å². The molecule has 0 amide bonds. The molecule has 0 spiro atoms. The highest BCUT2D eigenvalue weighted by Crippen LogP contribution is 2.10. The van der Waals surface area contributed by atoms with Crippen LogP contribution in [0.2, 0.25) is 0 Å². The molecule has 0 radical (unpaired) electrons. The maximum Gasteiger partial charge on any atom is 0.305 e. The predicted molar refractivity (Wildman–Crippen MR) is 196 cm³/mol. The van der Waals surface area contributed by atoms with Crippen molar-refractivity contribution in [3.05, 3.63) is 35.9 Å². The van der Waals surface area contributed by atoms with Crippen molar-refractivity contribution < 1.29 is 56.9 Å². The van der Waals surface area contributed by atoms with Crippen molar-refractivity contribution in [2.24, 2.45) is 0 Å². The van der Waals surface area contributed by atoms with E-state index in [1.54, 1.807) is 0 Å². The van der Waals surface area contributed by atoms with Crippen molar-refractivity contribution in [2.75, 3.05) is 132 Å². The summed E-state index contributed by atoms with van der Waals surface area (Å²) in [6.45, 7) is 12.7. The highest BCUT2D eigenvalue weighted by Gasteiger charge is 2.03. The highest BCUT2D eigenvalue weighted by atomic mass is 16.6. The van der Waals surface area contributed by atoms with E-state index < -0.39 is 0 Å². The van der Waals surface area contributed by atoms with Crippen LogP contribution < -0.4 is 0 Å². The standard InChI is InChI=1S/C39H70O12/c1-2-3-4-5-6-7-8-9-13-16-39(40)51-36-35-49-32-31-47-28-27-45-24-23-43-20-19-41-17-18-42-21-22-44-25-26-46-29-30-48-33-34-50-37-38-14-11-10-12-15-38/h10-12,14-15H,2-9,13,16-37H2,1H3. The first-order chi connectivity index (χ1) is 25.3. The van der Waals surface area contributed by atoms with E-state index in [0.29, 0.717) is 139 Å². The van der Waals surface area contributed by atoms with Gasteiger partial charge in [-0.1, -0.05) is 88.6 Å². The molecule has 12 nitrogen and oxygen atoms in total. The van der Waals surface area contributed by atoms with Crippen LogP contribution in [0.15, 0.2) is 30.3 Å². The number of hydrogen-bond acceptors (Lipinski definition) is 12. The van der Waals surface area contributed by atoms with Crippen LogP contribution in [0, 0.1) is 0 Å². The number of benzene rings is 1. The third-order valence-corrected chi connectivity index (χ3v) is 7.43. The SMILES string of the molecule is CCCCCCCCCCCC(=O)OCCOCCOCCOCCOCCOCCOCCOCCOCCOCCOCc1ccccc1. The van der Waals surface area contributed by atoms with E-state index in [4.69, 9.17) is 52.1 Å². The molecule has 0 aliphatic rings. The molecule has 1 aromatic rings. The van der Waals surface area contributed by atoms with E-state index in [0.717, 1.165) is 18.4 Å². The first-order valence-corrected chi connectivity index (χ1v) is 19.3. The number of ether oxygens (including phenoxy) is 11. The van der Waals surface area contributed by atoms with Gasteiger partial charge in [0.15, 0.2) is 0 Å². The predicted octanol–water partition coefficient (Wildman–Crippen LogP) is 5.82. The largest absolute Gasteiger partial charge is 0.463 e. The van der Waals surface area contributed by atoms with E-state index in [9.17, 15) is 4.79 Å². The van der Waals surface area contributed by atoms with Crippen molar-refractivity contribution in [1.29, 1.82) is 0 Å². The van der Waals surface area contributed by atoms with Crippen LogP contribution in [-0.2, 0) is 63.5 Å². The van der Waals surface area contributed by atoms with Crippen LogP contribution in [0.4, 0.5) is 0 Å². The average Bonchev–Trinajstić information content (AvgIpc) is 3.15. The van der Waals surface area contributed by atoms with Gasteiger partial charge in [-0.2, -0.15) is 0 Å². The number of esters is 1. The zero-order valence-corrected chi connectivity index (χ0v) is 31.7. The van der Waals surface area contributed by atoms with Crippen LogP contribution in [0.25, 0.3) is 0 Å². The Labute approximate surface area is 308 Å². The van der Waals surface area contributed by atoms with Crippen molar-refractivity contribution in [3.8, 4) is 0 Å². The van der Waals surface area contributed by atoms with Crippen LogP contribution in [-0.4, -0.2) is 138 Å². The van der Waals surface area contributed by atoms with Gasteiger partial charge in [0.05, 0.1) is 132 Å². The van der Waals surface area contributed by atoms with Crippen LogP contribution in [0.1, 0.15) is 76.7 Å². The van der Waals surface area contributed by atoms with Gasteiger partial charge >= 0.3 is 5.97 Å². The maximum absolute atomic E-state index is 11.8. The molecule has 0 saturated heterocycles. The second-order valence-electron chi connectivity index (χ2n) is 11.8. The normalized spacial score (nSPS) is 11.4. The van der Waals surface area contributed by atoms with Crippen molar-refractivity contribution in [1.82, 2.24) is 0 Å².